The number of halogens is 5. The van der Waals surface area contributed by atoms with Gasteiger partial charge in [0.05, 0.1) is 9.85 Å². The van der Waals surface area contributed by atoms with Crippen molar-refractivity contribution >= 4 is 15.8 Å². The number of non-ortho nitro benzene ring substituents is 1. The Hall–Kier alpha value is -3.10. The molecule has 0 heterocycles. The van der Waals surface area contributed by atoms with E-state index < -0.39 is 60.0 Å². The predicted octanol–water partition coefficient (Wildman–Crippen LogP) is 3.24. The van der Waals surface area contributed by atoms with Gasteiger partial charge in [-0.2, -0.15) is 30.4 Å². The number of benzene rings is 1. The van der Waals surface area contributed by atoms with Gasteiger partial charge in [-0.1, -0.05) is 12.1 Å². The van der Waals surface area contributed by atoms with Gasteiger partial charge in [0.1, 0.15) is 11.7 Å². The first-order chi connectivity index (χ1) is 12.7. The zero-order valence-corrected chi connectivity index (χ0v) is 13.9. The van der Waals surface area contributed by atoms with Crippen LogP contribution in [0, 0.1) is 20.2 Å². The average molecular weight is 430 g/mol. The van der Waals surface area contributed by atoms with E-state index >= 15 is 0 Å². The van der Waals surface area contributed by atoms with E-state index in [1.807, 2.05) is 0 Å². The molecule has 0 spiro atoms. The molecule has 1 aliphatic rings. The molecule has 0 fully saturated rings. The summed E-state index contributed by atoms with van der Waals surface area (Å²) in [5.74, 6) is -8.59. The summed E-state index contributed by atoms with van der Waals surface area (Å²) in [5, 5.41) is 21.5. The van der Waals surface area contributed by atoms with E-state index in [-0.39, 0.29) is 6.08 Å². The fourth-order valence-corrected chi connectivity index (χ4v) is 2.79. The van der Waals surface area contributed by atoms with Crippen LogP contribution in [0.25, 0.3) is 0 Å². The zero-order valence-electron chi connectivity index (χ0n) is 13.1. The fraction of sp³-hybridized carbons (Fsp3) is 0.231. The third-order valence-electron chi connectivity index (χ3n) is 3.52. The van der Waals surface area contributed by atoms with E-state index in [9.17, 15) is 50.6 Å². The second-order valence-corrected chi connectivity index (χ2v) is 6.80. The minimum absolute atomic E-state index is 0.114. The Morgan fingerprint density at radius 1 is 1.00 bits per heavy atom. The Morgan fingerprint density at radius 2 is 1.54 bits per heavy atom. The standard InChI is InChI=1S/C13H7F5N2O7S/c14-12(15)10(20(23)24)6-5-9(27-28(25,26)13(16,17)18)11(12)7-1-3-8(4-2-7)19(21)22/h1-6,11H. The maximum atomic E-state index is 14.6. The largest absolute Gasteiger partial charge is 0.534 e. The van der Waals surface area contributed by atoms with Gasteiger partial charge < -0.3 is 4.18 Å². The maximum absolute atomic E-state index is 14.6. The molecule has 0 N–H and O–H groups in total. The lowest BCUT2D eigenvalue weighted by molar-refractivity contribution is -0.450. The molecular formula is C13H7F5N2O7S. The zero-order chi connectivity index (χ0) is 21.5. The van der Waals surface area contributed by atoms with Gasteiger partial charge >= 0.3 is 27.2 Å². The summed E-state index contributed by atoms with van der Waals surface area (Å²) in [7, 11) is -6.36. The molecule has 1 aromatic carbocycles. The molecule has 0 bridgehead atoms. The van der Waals surface area contributed by atoms with Crippen molar-refractivity contribution < 1.29 is 44.4 Å². The Labute approximate surface area is 152 Å². The van der Waals surface area contributed by atoms with Crippen molar-refractivity contribution in [1.82, 2.24) is 0 Å². The van der Waals surface area contributed by atoms with Crippen molar-refractivity contribution in [2.75, 3.05) is 0 Å². The van der Waals surface area contributed by atoms with Gasteiger partial charge in [0.25, 0.3) is 5.69 Å². The highest BCUT2D eigenvalue weighted by Crippen LogP contribution is 2.48. The van der Waals surface area contributed by atoms with Gasteiger partial charge in [0, 0.05) is 18.2 Å². The van der Waals surface area contributed by atoms with Crippen LogP contribution in [0.4, 0.5) is 27.6 Å². The molecule has 0 saturated heterocycles. The van der Waals surface area contributed by atoms with Crippen LogP contribution in [0.15, 0.2) is 47.9 Å². The molecule has 152 valence electrons. The Kier molecular flexibility index (Phi) is 5.16. The van der Waals surface area contributed by atoms with Crippen LogP contribution >= 0.6 is 0 Å². The van der Waals surface area contributed by atoms with Crippen molar-refractivity contribution in [2.24, 2.45) is 0 Å². The molecule has 1 aromatic rings. The van der Waals surface area contributed by atoms with Crippen LogP contribution in [0.1, 0.15) is 11.5 Å². The molecule has 2 rings (SSSR count). The van der Waals surface area contributed by atoms with Gasteiger partial charge in [0.2, 0.25) is 0 Å². The number of allylic oxidation sites excluding steroid dienone is 4. The summed E-state index contributed by atoms with van der Waals surface area (Å²) < 4.78 is 93.0. The van der Waals surface area contributed by atoms with Gasteiger partial charge in [-0.05, 0) is 11.6 Å². The first-order valence-electron chi connectivity index (χ1n) is 6.88. The lowest BCUT2D eigenvalue weighted by Gasteiger charge is -2.29. The summed E-state index contributed by atoms with van der Waals surface area (Å²) in [6.45, 7) is 0. The van der Waals surface area contributed by atoms with Crippen molar-refractivity contribution in [3.8, 4) is 0 Å². The average Bonchev–Trinajstić information content (AvgIpc) is 2.52. The molecule has 1 unspecified atom stereocenters. The molecule has 9 nitrogen and oxygen atoms in total. The smallest absolute Gasteiger partial charge is 0.380 e. The molecule has 0 radical (unpaired) electrons. The number of hydrogen-bond acceptors (Lipinski definition) is 7. The van der Waals surface area contributed by atoms with Crippen LogP contribution in [0.2, 0.25) is 0 Å². The maximum Gasteiger partial charge on any atom is 0.534 e. The molecule has 0 amide bonds. The number of nitro benzene ring substituents is 1. The highest BCUT2D eigenvalue weighted by Gasteiger charge is 2.58. The summed E-state index contributed by atoms with van der Waals surface area (Å²) in [5.41, 5.74) is -8.89. The first kappa shape index (κ1) is 21.2. The van der Waals surface area contributed by atoms with Crippen molar-refractivity contribution in [1.29, 1.82) is 0 Å². The second kappa shape index (κ2) is 6.81. The number of alkyl halides is 5. The van der Waals surface area contributed by atoms with E-state index in [0.29, 0.717) is 30.3 Å². The summed E-state index contributed by atoms with van der Waals surface area (Å²) in [6.07, 6.45) is 0.411. The Balaban J connectivity index is 2.62. The Morgan fingerprint density at radius 3 is 1.96 bits per heavy atom. The molecule has 15 heteroatoms. The Bertz CT molecular complexity index is 984. The summed E-state index contributed by atoms with van der Waals surface area (Å²) in [6, 6.07) is 2.81. The molecule has 28 heavy (non-hydrogen) atoms. The van der Waals surface area contributed by atoms with Gasteiger partial charge in [-0.15, -0.1) is 0 Å². The van der Waals surface area contributed by atoms with Crippen LogP contribution in [-0.4, -0.2) is 29.7 Å². The van der Waals surface area contributed by atoms with E-state index in [1.54, 1.807) is 0 Å². The van der Waals surface area contributed by atoms with E-state index in [0.717, 1.165) is 0 Å². The normalized spacial score (nSPS) is 19.4. The SMILES string of the molecule is O=[N+]([O-])C1=CC=C(OS(=O)(=O)C(F)(F)F)C(c2ccc([N+](=O)[O-])cc2)C1(F)F. The molecular weight excluding hydrogens is 423 g/mol. The van der Waals surface area contributed by atoms with Gasteiger partial charge in [-0.3, -0.25) is 20.2 Å². The second-order valence-electron chi connectivity index (χ2n) is 5.27. The molecule has 0 aromatic heterocycles. The van der Waals surface area contributed by atoms with Crippen molar-refractivity contribution in [3.05, 3.63) is 73.7 Å². The van der Waals surface area contributed by atoms with Crippen LogP contribution < -0.4 is 0 Å². The summed E-state index contributed by atoms with van der Waals surface area (Å²) in [4.78, 5) is 19.1. The minimum Gasteiger partial charge on any atom is -0.380 e. The van der Waals surface area contributed by atoms with Crippen LogP contribution in [0.3, 0.4) is 0 Å². The van der Waals surface area contributed by atoms with E-state index in [1.165, 1.54) is 0 Å². The number of rotatable bonds is 5. The third kappa shape index (κ3) is 3.78. The van der Waals surface area contributed by atoms with Crippen molar-refractivity contribution in [2.45, 2.75) is 17.3 Å². The minimum atomic E-state index is -6.36. The lowest BCUT2D eigenvalue weighted by atomic mass is 9.85. The van der Waals surface area contributed by atoms with Crippen LogP contribution in [0.5, 0.6) is 0 Å². The topological polar surface area (TPSA) is 130 Å². The van der Waals surface area contributed by atoms with Gasteiger partial charge in [0.15, 0.2) is 0 Å². The monoisotopic (exact) mass is 430 g/mol. The first-order valence-corrected chi connectivity index (χ1v) is 8.29. The highest BCUT2D eigenvalue weighted by atomic mass is 32.2. The lowest BCUT2D eigenvalue weighted by Crippen LogP contribution is -2.37. The molecule has 0 aliphatic heterocycles. The third-order valence-corrected chi connectivity index (χ3v) is 4.50. The van der Waals surface area contributed by atoms with E-state index in [4.69, 9.17) is 0 Å². The number of hydrogen-bond donors (Lipinski definition) is 0. The quantitative estimate of drug-likeness (QED) is 0.230. The molecule has 1 atom stereocenters. The molecule has 0 saturated carbocycles. The van der Waals surface area contributed by atoms with Crippen molar-refractivity contribution in [3.63, 3.8) is 0 Å². The molecule has 1 aliphatic carbocycles. The van der Waals surface area contributed by atoms with Gasteiger partial charge in [-0.25, -0.2) is 0 Å². The summed E-state index contributed by atoms with van der Waals surface area (Å²) >= 11 is 0. The number of nitro groups is 2. The highest BCUT2D eigenvalue weighted by molar-refractivity contribution is 7.87. The predicted molar refractivity (Wildman–Crippen MR) is 80.0 cm³/mol. The fourth-order valence-electron chi connectivity index (χ4n) is 2.29. The van der Waals surface area contributed by atoms with Crippen LogP contribution in [-0.2, 0) is 14.3 Å². The van der Waals surface area contributed by atoms with E-state index in [2.05, 4.69) is 4.18 Å². The number of nitrogens with zero attached hydrogens (tertiary/aromatic N) is 2.